The van der Waals surface area contributed by atoms with E-state index in [1.54, 1.807) is 19.5 Å². The monoisotopic (exact) mass is 233 g/mol. The van der Waals surface area contributed by atoms with Gasteiger partial charge in [-0.2, -0.15) is 0 Å². The van der Waals surface area contributed by atoms with E-state index in [2.05, 4.69) is 15.5 Å². The lowest BCUT2D eigenvalue weighted by Crippen LogP contribution is -2.07. The highest BCUT2D eigenvalue weighted by atomic mass is 16.5. The zero-order valence-corrected chi connectivity index (χ0v) is 9.93. The van der Waals surface area contributed by atoms with E-state index >= 15 is 0 Å². The summed E-state index contributed by atoms with van der Waals surface area (Å²) in [5, 5.41) is 7.07. The van der Waals surface area contributed by atoms with Crippen LogP contribution >= 0.6 is 0 Å². The molecule has 2 rings (SSSR count). The van der Waals surface area contributed by atoms with Crippen molar-refractivity contribution in [3.63, 3.8) is 0 Å². The van der Waals surface area contributed by atoms with Gasteiger partial charge in [-0.1, -0.05) is 5.16 Å². The second-order valence-corrected chi connectivity index (χ2v) is 3.71. The molecular weight excluding hydrogens is 218 g/mol. The van der Waals surface area contributed by atoms with Crippen molar-refractivity contribution in [2.75, 3.05) is 25.6 Å². The van der Waals surface area contributed by atoms with Gasteiger partial charge in [0.1, 0.15) is 0 Å². The van der Waals surface area contributed by atoms with E-state index in [4.69, 9.17) is 9.26 Å². The highest BCUT2D eigenvalue weighted by molar-refractivity contribution is 5.61. The average molecular weight is 233 g/mol. The van der Waals surface area contributed by atoms with Gasteiger partial charge in [0.15, 0.2) is 5.76 Å². The van der Waals surface area contributed by atoms with Gasteiger partial charge in [-0.05, 0) is 13.0 Å². The number of pyridine rings is 1. The summed E-state index contributed by atoms with van der Waals surface area (Å²) in [5.74, 6) is 0.727. The Labute approximate surface area is 99.8 Å². The molecule has 2 aromatic rings. The molecule has 0 spiro atoms. The molecule has 1 N–H and O–H groups in total. The van der Waals surface area contributed by atoms with Crippen molar-refractivity contribution in [3.05, 3.63) is 30.2 Å². The third kappa shape index (κ3) is 3.04. The van der Waals surface area contributed by atoms with E-state index in [-0.39, 0.29) is 0 Å². The second-order valence-electron chi connectivity index (χ2n) is 3.71. The number of aromatic nitrogens is 2. The average Bonchev–Trinajstić information content (AvgIpc) is 2.77. The molecule has 0 fully saturated rings. The first-order valence-electron chi connectivity index (χ1n) is 5.41. The van der Waals surface area contributed by atoms with Gasteiger partial charge >= 0.3 is 0 Å². The maximum atomic E-state index is 5.19. The van der Waals surface area contributed by atoms with Gasteiger partial charge in [0, 0.05) is 37.7 Å². The number of anilines is 1. The lowest BCUT2D eigenvalue weighted by molar-refractivity contribution is 0.211. The number of hydrogen-bond donors (Lipinski definition) is 1. The Bertz CT molecular complexity index is 482. The fraction of sp³-hybridized carbons (Fsp3) is 0.333. The van der Waals surface area contributed by atoms with E-state index in [0.717, 1.165) is 29.2 Å². The summed E-state index contributed by atoms with van der Waals surface area (Å²) < 4.78 is 10.2. The smallest absolute Gasteiger partial charge is 0.168 e. The molecule has 2 heterocycles. The summed E-state index contributed by atoms with van der Waals surface area (Å²) in [6.07, 6.45) is 3.52. The van der Waals surface area contributed by atoms with Gasteiger partial charge < -0.3 is 14.6 Å². The van der Waals surface area contributed by atoms with E-state index in [1.165, 1.54) is 0 Å². The largest absolute Gasteiger partial charge is 0.383 e. The molecule has 0 aliphatic rings. The zero-order chi connectivity index (χ0) is 12.1. The Morgan fingerprint density at radius 1 is 1.35 bits per heavy atom. The first-order valence-corrected chi connectivity index (χ1v) is 5.41. The van der Waals surface area contributed by atoms with E-state index in [9.17, 15) is 0 Å². The molecule has 90 valence electrons. The summed E-state index contributed by atoms with van der Waals surface area (Å²) in [6.45, 7) is 3.30. The minimum absolute atomic E-state index is 0.658. The van der Waals surface area contributed by atoms with Crippen molar-refractivity contribution < 1.29 is 9.26 Å². The summed E-state index contributed by atoms with van der Waals surface area (Å²) in [6, 6.07) is 3.86. The molecule has 0 saturated heterocycles. The van der Waals surface area contributed by atoms with Crippen LogP contribution in [0.25, 0.3) is 11.3 Å². The number of ether oxygens (including phenoxy) is 1. The Balaban J connectivity index is 2.11. The molecular formula is C12H15N3O2. The summed E-state index contributed by atoms with van der Waals surface area (Å²) in [5.41, 5.74) is 2.71. The van der Waals surface area contributed by atoms with E-state index in [0.29, 0.717) is 6.61 Å². The van der Waals surface area contributed by atoms with Crippen molar-refractivity contribution in [3.8, 4) is 11.3 Å². The van der Waals surface area contributed by atoms with Crippen LogP contribution in [0.15, 0.2) is 29.0 Å². The molecule has 0 saturated carbocycles. The van der Waals surface area contributed by atoms with Gasteiger partial charge in [-0.3, -0.25) is 4.98 Å². The third-order valence-corrected chi connectivity index (χ3v) is 2.29. The Hall–Kier alpha value is -1.88. The van der Waals surface area contributed by atoms with Crippen LogP contribution in [0.1, 0.15) is 5.69 Å². The van der Waals surface area contributed by atoms with Crippen LogP contribution in [0, 0.1) is 6.92 Å². The highest BCUT2D eigenvalue weighted by Gasteiger charge is 2.05. The van der Waals surface area contributed by atoms with Crippen molar-refractivity contribution >= 4 is 5.69 Å². The third-order valence-electron chi connectivity index (χ3n) is 2.29. The number of aryl methyl sites for hydroxylation is 1. The number of nitrogens with zero attached hydrogens (tertiary/aromatic N) is 2. The maximum Gasteiger partial charge on any atom is 0.168 e. The number of rotatable bonds is 5. The summed E-state index contributed by atoms with van der Waals surface area (Å²) in [4.78, 5) is 4.16. The lowest BCUT2D eigenvalue weighted by Gasteiger charge is -2.05. The standard InChI is InChI=1S/C12H15N3O2/c1-9-5-12(17-15-9)10-6-11(8-13-7-10)14-3-4-16-2/h5-8,14H,3-4H2,1-2H3. The molecule has 0 aliphatic carbocycles. The van der Waals surface area contributed by atoms with Gasteiger partial charge in [0.05, 0.1) is 18.0 Å². The fourth-order valence-corrected chi connectivity index (χ4v) is 1.47. The molecule has 2 aromatic heterocycles. The van der Waals surface area contributed by atoms with Crippen molar-refractivity contribution in [2.24, 2.45) is 0 Å². The van der Waals surface area contributed by atoms with Crippen LogP contribution in [0.3, 0.4) is 0 Å². The van der Waals surface area contributed by atoms with Gasteiger partial charge in [0.2, 0.25) is 0 Å². The van der Waals surface area contributed by atoms with Crippen molar-refractivity contribution in [1.82, 2.24) is 10.1 Å². The van der Waals surface area contributed by atoms with Crippen LogP contribution in [-0.4, -0.2) is 30.4 Å². The molecule has 0 atom stereocenters. The van der Waals surface area contributed by atoms with E-state index < -0.39 is 0 Å². The molecule has 0 unspecified atom stereocenters. The lowest BCUT2D eigenvalue weighted by atomic mass is 10.2. The molecule has 0 aromatic carbocycles. The highest BCUT2D eigenvalue weighted by Crippen LogP contribution is 2.21. The predicted molar refractivity (Wildman–Crippen MR) is 64.8 cm³/mol. The first-order chi connectivity index (χ1) is 8.29. The first kappa shape index (κ1) is 11.6. The molecule has 0 radical (unpaired) electrons. The van der Waals surface area contributed by atoms with Crippen molar-refractivity contribution in [2.45, 2.75) is 6.92 Å². The SMILES string of the molecule is COCCNc1cncc(-c2cc(C)no2)c1. The van der Waals surface area contributed by atoms with Gasteiger partial charge in [-0.25, -0.2) is 0 Å². The quantitative estimate of drug-likeness (QED) is 0.801. The minimum Gasteiger partial charge on any atom is -0.383 e. The topological polar surface area (TPSA) is 60.2 Å². The molecule has 17 heavy (non-hydrogen) atoms. The number of methoxy groups -OCH3 is 1. The number of hydrogen-bond acceptors (Lipinski definition) is 5. The number of nitrogens with one attached hydrogen (secondary N) is 1. The predicted octanol–water partition coefficient (Wildman–Crippen LogP) is 2.10. The molecule has 0 bridgehead atoms. The van der Waals surface area contributed by atoms with Crippen LogP contribution < -0.4 is 5.32 Å². The van der Waals surface area contributed by atoms with Gasteiger partial charge in [-0.15, -0.1) is 0 Å². The Kier molecular flexibility index (Phi) is 3.72. The van der Waals surface area contributed by atoms with Gasteiger partial charge in [0.25, 0.3) is 0 Å². The van der Waals surface area contributed by atoms with Crippen LogP contribution in [0.4, 0.5) is 5.69 Å². The summed E-state index contributed by atoms with van der Waals surface area (Å²) >= 11 is 0. The Morgan fingerprint density at radius 2 is 2.24 bits per heavy atom. The van der Waals surface area contributed by atoms with E-state index in [1.807, 2.05) is 19.1 Å². The minimum atomic E-state index is 0.658. The normalized spacial score (nSPS) is 10.5. The molecule has 0 aliphatic heterocycles. The Morgan fingerprint density at radius 3 is 2.94 bits per heavy atom. The maximum absolute atomic E-state index is 5.19. The molecule has 5 heteroatoms. The zero-order valence-electron chi connectivity index (χ0n) is 9.93. The van der Waals surface area contributed by atoms with Crippen LogP contribution in [0.5, 0.6) is 0 Å². The van der Waals surface area contributed by atoms with Crippen molar-refractivity contribution in [1.29, 1.82) is 0 Å². The molecule has 0 amide bonds. The van der Waals surface area contributed by atoms with Crippen LogP contribution in [0.2, 0.25) is 0 Å². The summed E-state index contributed by atoms with van der Waals surface area (Å²) in [7, 11) is 1.67. The second kappa shape index (κ2) is 5.45. The van der Waals surface area contributed by atoms with Crippen LogP contribution in [-0.2, 0) is 4.74 Å². The molecule has 5 nitrogen and oxygen atoms in total. The fourth-order valence-electron chi connectivity index (χ4n) is 1.47.